The van der Waals surface area contributed by atoms with Crippen LogP contribution in [0.3, 0.4) is 0 Å². The molecular formula is C16H19Cl2N3O. The molecule has 0 unspecified atom stereocenters. The van der Waals surface area contributed by atoms with Gasteiger partial charge in [-0.3, -0.25) is 4.79 Å². The molecule has 1 heterocycles. The average Bonchev–Trinajstić information content (AvgIpc) is 2.92. The molecule has 22 heavy (non-hydrogen) atoms. The SMILES string of the molecule is CCC(CC)C(=O)Nc1ccnn1Cc1cccc(Cl)c1Cl. The van der Waals surface area contributed by atoms with Gasteiger partial charge < -0.3 is 5.32 Å². The number of benzene rings is 1. The third-order valence-corrected chi connectivity index (χ3v) is 4.53. The predicted octanol–water partition coefficient (Wildman–Crippen LogP) is 4.61. The molecule has 0 aliphatic carbocycles. The number of carbonyl (C=O) groups excluding carboxylic acids is 1. The first-order valence-electron chi connectivity index (χ1n) is 7.32. The number of carbonyl (C=O) groups is 1. The van der Waals surface area contributed by atoms with Crippen molar-refractivity contribution < 1.29 is 4.79 Å². The molecule has 4 nitrogen and oxygen atoms in total. The number of halogens is 2. The van der Waals surface area contributed by atoms with Gasteiger partial charge in [-0.25, -0.2) is 4.68 Å². The zero-order valence-corrected chi connectivity index (χ0v) is 14.2. The van der Waals surface area contributed by atoms with Crippen molar-refractivity contribution in [3.05, 3.63) is 46.1 Å². The van der Waals surface area contributed by atoms with E-state index in [1.807, 2.05) is 26.0 Å². The smallest absolute Gasteiger partial charge is 0.228 e. The largest absolute Gasteiger partial charge is 0.311 e. The minimum Gasteiger partial charge on any atom is -0.311 e. The Morgan fingerprint density at radius 2 is 2.00 bits per heavy atom. The summed E-state index contributed by atoms with van der Waals surface area (Å²) in [6.45, 7) is 4.47. The number of nitrogens with zero attached hydrogens (tertiary/aromatic N) is 2. The van der Waals surface area contributed by atoms with Gasteiger partial charge in [0.2, 0.25) is 5.91 Å². The lowest BCUT2D eigenvalue weighted by atomic mass is 10.0. The highest BCUT2D eigenvalue weighted by atomic mass is 35.5. The second-order valence-corrected chi connectivity index (χ2v) is 5.87. The van der Waals surface area contributed by atoms with Gasteiger partial charge in [0.1, 0.15) is 5.82 Å². The molecule has 6 heteroatoms. The van der Waals surface area contributed by atoms with Crippen molar-refractivity contribution in [2.24, 2.45) is 5.92 Å². The number of rotatable bonds is 6. The molecule has 0 saturated heterocycles. The Bertz CT molecular complexity index is 651. The van der Waals surface area contributed by atoms with E-state index in [0.29, 0.717) is 22.4 Å². The summed E-state index contributed by atoms with van der Waals surface area (Å²) in [5.74, 6) is 0.690. The quantitative estimate of drug-likeness (QED) is 0.834. The molecule has 2 rings (SSSR count). The van der Waals surface area contributed by atoms with Crippen LogP contribution in [0.15, 0.2) is 30.5 Å². The van der Waals surface area contributed by atoms with Crippen molar-refractivity contribution in [1.82, 2.24) is 9.78 Å². The molecule has 0 aliphatic heterocycles. The molecule has 0 bridgehead atoms. The summed E-state index contributed by atoms with van der Waals surface area (Å²) in [6, 6.07) is 7.25. The van der Waals surface area contributed by atoms with Gasteiger partial charge in [0.25, 0.3) is 0 Å². The van der Waals surface area contributed by atoms with Crippen LogP contribution in [0, 0.1) is 5.92 Å². The van der Waals surface area contributed by atoms with Gasteiger partial charge in [-0.05, 0) is 24.5 Å². The highest BCUT2D eigenvalue weighted by molar-refractivity contribution is 6.42. The molecular weight excluding hydrogens is 321 g/mol. The second kappa shape index (κ2) is 7.65. The topological polar surface area (TPSA) is 46.9 Å². The lowest BCUT2D eigenvalue weighted by molar-refractivity contribution is -0.120. The number of nitrogens with one attached hydrogen (secondary N) is 1. The average molecular weight is 340 g/mol. The third kappa shape index (κ3) is 3.81. The van der Waals surface area contributed by atoms with Crippen molar-refractivity contribution in [3.8, 4) is 0 Å². The zero-order chi connectivity index (χ0) is 16.1. The van der Waals surface area contributed by atoms with Gasteiger partial charge in [-0.2, -0.15) is 5.10 Å². The molecule has 0 aliphatic rings. The standard InChI is InChI=1S/C16H19Cl2N3O/c1-3-11(4-2)16(22)20-14-8-9-19-21(14)10-12-6-5-7-13(17)15(12)18/h5-9,11H,3-4,10H2,1-2H3,(H,20,22). The molecule has 1 amide bonds. The van der Waals surface area contributed by atoms with Crippen LogP contribution in [0.2, 0.25) is 10.0 Å². The Morgan fingerprint density at radius 1 is 1.27 bits per heavy atom. The van der Waals surface area contributed by atoms with Gasteiger partial charge >= 0.3 is 0 Å². The van der Waals surface area contributed by atoms with Crippen LogP contribution in [0.25, 0.3) is 0 Å². The normalized spacial score (nSPS) is 11.0. The first-order valence-corrected chi connectivity index (χ1v) is 8.08. The van der Waals surface area contributed by atoms with Crippen LogP contribution in [-0.4, -0.2) is 15.7 Å². The monoisotopic (exact) mass is 339 g/mol. The number of aromatic nitrogens is 2. The molecule has 0 radical (unpaired) electrons. The molecule has 1 N–H and O–H groups in total. The van der Waals surface area contributed by atoms with E-state index in [4.69, 9.17) is 23.2 Å². The van der Waals surface area contributed by atoms with E-state index in [9.17, 15) is 4.79 Å². The Kier molecular flexibility index (Phi) is 5.86. The lowest BCUT2D eigenvalue weighted by Gasteiger charge is -2.14. The zero-order valence-electron chi connectivity index (χ0n) is 12.6. The Morgan fingerprint density at radius 3 is 2.68 bits per heavy atom. The summed E-state index contributed by atoms with van der Waals surface area (Å²) in [5, 5.41) is 8.20. The van der Waals surface area contributed by atoms with Gasteiger partial charge in [-0.15, -0.1) is 0 Å². The molecule has 0 spiro atoms. The number of anilines is 1. The van der Waals surface area contributed by atoms with E-state index in [1.165, 1.54) is 0 Å². The first-order chi connectivity index (χ1) is 10.6. The van der Waals surface area contributed by atoms with Gasteiger partial charge in [0.15, 0.2) is 0 Å². The van der Waals surface area contributed by atoms with Crippen LogP contribution in [0.5, 0.6) is 0 Å². The van der Waals surface area contributed by atoms with Gasteiger partial charge in [0, 0.05) is 12.0 Å². The van der Waals surface area contributed by atoms with E-state index in [-0.39, 0.29) is 11.8 Å². The summed E-state index contributed by atoms with van der Waals surface area (Å²) < 4.78 is 1.71. The Hall–Kier alpha value is -1.52. The van der Waals surface area contributed by atoms with Crippen molar-refractivity contribution in [3.63, 3.8) is 0 Å². The molecule has 0 atom stereocenters. The minimum absolute atomic E-state index is 0.0121. The fourth-order valence-corrected chi connectivity index (χ4v) is 2.66. The van der Waals surface area contributed by atoms with Crippen LogP contribution in [-0.2, 0) is 11.3 Å². The summed E-state index contributed by atoms with van der Waals surface area (Å²) >= 11 is 12.2. The maximum Gasteiger partial charge on any atom is 0.228 e. The van der Waals surface area contributed by atoms with E-state index in [2.05, 4.69) is 10.4 Å². The first kappa shape index (κ1) is 16.8. The summed E-state index contributed by atoms with van der Waals surface area (Å²) in [5.41, 5.74) is 0.857. The van der Waals surface area contributed by atoms with Crippen LogP contribution in [0.4, 0.5) is 5.82 Å². The maximum absolute atomic E-state index is 12.2. The highest BCUT2D eigenvalue weighted by Crippen LogP contribution is 2.26. The van der Waals surface area contributed by atoms with Crippen molar-refractivity contribution >= 4 is 34.9 Å². The number of amides is 1. The maximum atomic E-state index is 12.2. The molecule has 118 valence electrons. The summed E-state index contributed by atoms with van der Waals surface area (Å²) in [7, 11) is 0. The van der Waals surface area contributed by atoms with E-state index < -0.39 is 0 Å². The molecule has 2 aromatic rings. The van der Waals surface area contributed by atoms with Gasteiger partial charge in [-0.1, -0.05) is 49.2 Å². The Labute approximate surface area is 140 Å². The van der Waals surface area contributed by atoms with E-state index >= 15 is 0 Å². The van der Waals surface area contributed by atoms with Crippen LogP contribution < -0.4 is 5.32 Å². The van der Waals surface area contributed by atoms with E-state index in [0.717, 1.165) is 18.4 Å². The fraction of sp³-hybridized carbons (Fsp3) is 0.375. The molecule has 0 fully saturated rings. The number of hydrogen-bond donors (Lipinski definition) is 1. The molecule has 0 saturated carbocycles. The van der Waals surface area contributed by atoms with E-state index in [1.54, 1.807) is 23.0 Å². The minimum atomic E-state index is 0.0121. The molecule has 1 aromatic heterocycles. The Balaban J connectivity index is 2.16. The van der Waals surface area contributed by atoms with Crippen molar-refractivity contribution in [1.29, 1.82) is 0 Å². The number of hydrogen-bond acceptors (Lipinski definition) is 2. The van der Waals surface area contributed by atoms with Crippen LogP contribution >= 0.6 is 23.2 Å². The van der Waals surface area contributed by atoms with Gasteiger partial charge in [0.05, 0.1) is 22.8 Å². The van der Waals surface area contributed by atoms with Crippen molar-refractivity contribution in [2.45, 2.75) is 33.2 Å². The van der Waals surface area contributed by atoms with Crippen molar-refractivity contribution in [2.75, 3.05) is 5.32 Å². The summed E-state index contributed by atoms with van der Waals surface area (Å²) in [6.07, 6.45) is 3.29. The third-order valence-electron chi connectivity index (χ3n) is 3.68. The molecule has 1 aromatic carbocycles. The second-order valence-electron chi connectivity index (χ2n) is 5.09. The highest BCUT2D eigenvalue weighted by Gasteiger charge is 2.16. The summed E-state index contributed by atoms with van der Waals surface area (Å²) in [4.78, 5) is 12.2. The lowest BCUT2D eigenvalue weighted by Crippen LogP contribution is -2.23. The predicted molar refractivity (Wildman–Crippen MR) is 90.5 cm³/mol. The van der Waals surface area contributed by atoms with Crippen LogP contribution in [0.1, 0.15) is 32.3 Å². The fourth-order valence-electron chi connectivity index (χ4n) is 2.28.